The largest absolute Gasteiger partial charge is 0.352 e. The second-order valence-electron chi connectivity index (χ2n) is 4.92. The number of nitrogens with one attached hydrogen (secondary N) is 1. The van der Waals surface area contributed by atoms with Gasteiger partial charge in [0, 0.05) is 31.4 Å². The molecule has 0 bridgehead atoms. The first-order chi connectivity index (χ1) is 8.81. The fourth-order valence-electron chi connectivity index (χ4n) is 2.35. The Labute approximate surface area is 110 Å². The minimum Gasteiger partial charge on any atom is -0.352 e. The first-order valence-corrected chi connectivity index (χ1v) is 6.86. The Balaban J connectivity index is 2.09. The molecule has 2 heterocycles. The van der Waals surface area contributed by atoms with Crippen molar-refractivity contribution in [2.75, 3.05) is 24.5 Å². The van der Waals surface area contributed by atoms with Crippen molar-refractivity contribution in [3.63, 3.8) is 0 Å². The summed E-state index contributed by atoms with van der Waals surface area (Å²) in [5.74, 6) is 1.15. The molecule has 0 fully saturated rings. The molecule has 98 valence electrons. The summed E-state index contributed by atoms with van der Waals surface area (Å²) in [7, 11) is 0. The highest BCUT2D eigenvalue weighted by Gasteiger charge is 2.14. The average Bonchev–Trinajstić information content (AvgIpc) is 2.40. The summed E-state index contributed by atoms with van der Waals surface area (Å²) in [5, 5.41) is 3.46. The van der Waals surface area contributed by atoms with Gasteiger partial charge in [0.1, 0.15) is 5.82 Å². The maximum Gasteiger partial charge on any atom is 0.133 e. The third-order valence-corrected chi connectivity index (χ3v) is 3.24. The summed E-state index contributed by atoms with van der Waals surface area (Å²) >= 11 is 0. The van der Waals surface area contributed by atoms with E-state index in [9.17, 15) is 0 Å². The summed E-state index contributed by atoms with van der Waals surface area (Å²) < 4.78 is 0. The highest BCUT2D eigenvalue weighted by molar-refractivity contribution is 5.48. The topological polar surface area (TPSA) is 28.2 Å². The van der Waals surface area contributed by atoms with Crippen LogP contribution in [0.4, 0.5) is 5.82 Å². The number of aromatic nitrogens is 1. The quantitative estimate of drug-likeness (QED) is 0.638. The normalized spacial score (nSPS) is 15.7. The van der Waals surface area contributed by atoms with Crippen LogP contribution in [0.15, 0.2) is 30.0 Å². The molecule has 0 radical (unpaired) electrons. The molecule has 0 aromatic carbocycles. The highest BCUT2D eigenvalue weighted by atomic mass is 15.2. The van der Waals surface area contributed by atoms with Crippen LogP contribution in [-0.4, -0.2) is 24.6 Å². The Morgan fingerprint density at radius 2 is 2.33 bits per heavy atom. The molecule has 1 aliphatic rings. The number of pyridine rings is 1. The van der Waals surface area contributed by atoms with Gasteiger partial charge in [0.05, 0.1) is 0 Å². The third kappa shape index (κ3) is 3.33. The van der Waals surface area contributed by atoms with Crippen molar-refractivity contribution in [3.05, 3.63) is 35.5 Å². The Kier molecular flexibility index (Phi) is 4.76. The fourth-order valence-corrected chi connectivity index (χ4v) is 2.35. The lowest BCUT2D eigenvalue weighted by atomic mass is 10.1. The molecule has 1 aromatic rings. The molecular formula is C15H23N3. The second-order valence-corrected chi connectivity index (χ2v) is 4.92. The Hall–Kier alpha value is -1.35. The van der Waals surface area contributed by atoms with Gasteiger partial charge in [0.2, 0.25) is 0 Å². The first-order valence-electron chi connectivity index (χ1n) is 6.86. The SMILES string of the molecule is CCCNCc1cccnc1N1CCC=C(C)C1. The molecule has 0 aliphatic carbocycles. The van der Waals surface area contributed by atoms with Crippen molar-refractivity contribution >= 4 is 5.82 Å². The Morgan fingerprint density at radius 3 is 3.11 bits per heavy atom. The van der Waals surface area contributed by atoms with E-state index < -0.39 is 0 Å². The Morgan fingerprint density at radius 1 is 1.44 bits per heavy atom. The summed E-state index contributed by atoms with van der Waals surface area (Å²) in [6, 6.07) is 4.21. The van der Waals surface area contributed by atoms with Gasteiger partial charge in [-0.2, -0.15) is 0 Å². The fraction of sp³-hybridized carbons (Fsp3) is 0.533. The molecule has 1 aliphatic heterocycles. The minimum absolute atomic E-state index is 0.913. The monoisotopic (exact) mass is 245 g/mol. The Bertz CT molecular complexity index is 412. The second kappa shape index (κ2) is 6.55. The van der Waals surface area contributed by atoms with Gasteiger partial charge in [0.15, 0.2) is 0 Å². The van der Waals surface area contributed by atoms with E-state index in [0.29, 0.717) is 0 Å². The lowest BCUT2D eigenvalue weighted by Crippen LogP contribution is -2.31. The summed E-state index contributed by atoms with van der Waals surface area (Å²) in [5.41, 5.74) is 2.75. The lowest BCUT2D eigenvalue weighted by Gasteiger charge is -2.29. The van der Waals surface area contributed by atoms with Gasteiger partial charge in [-0.05, 0) is 32.4 Å². The van der Waals surface area contributed by atoms with E-state index in [1.54, 1.807) is 0 Å². The molecule has 2 rings (SSSR count). The van der Waals surface area contributed by atoms with Crippen molar-refractivity contribution in [2.24, 2.45) is 0 Å². The average molecular weight is 245 g/mol. The number of rotatable bonds is 5. The van der Waals surface area contributed by atoms with Crippen molar-refractivity contribution in [2.45, 2.75) is 33.2 Å². The number of anilines is 1. The zero-order valence-electron chi connectivity index (χ0n) is 11.4. The number of hydrogen-bond donors (Lipinski definition) is 1. The highest BCUT2D eigenvalue weighted by Crippen LogP contribution is 2.21. The maximum absolute atomic E-state index is 4.57. The van der Waals surface area contributed by atoms with Crippen molar-refractivity contribution in [3.8, 4) is 0 Å². The molecule has 3 heteroatoms. The number of hydrogen-bond acceptors (Lipinski definition) is 3. The molecule has 1 N–H and O–H groups in total. The van der Waals surface area contributed by atoms with E-state index in [0.717, 1.165) is 38.4 Å². The van der Waals surface area contributed by atoms with Gasteiger partial charge >= 0.3 is 0 Å². The molecule has 0 saturated heterocycles. The van der Waals surface area contributed by atoms with Crippen LogP contribution in [-0.2, 0) is 6.54 Å². The molecule has 0 saturated carbocycles. The van der Waals surface area contributed by atoms with E-state index in [2.05, 4.69) is 41.2 Å². The van der Waals surface area contributed by atoms with Gasteiger partial charge in [-0.25, -0.2) is 4.98 Å². The van der Waals surface area contributed by atoms with E-state index in [1.165, 1.54) is 17.6 Å². The van der Waals surface area contributed by atoms with Crippen LogP contribution < -0.4 is 10.2 Å². The summed E-state index contributed by atoms with van der Waals surface area (Å²) in [6.07, 6.45) is 6.52. The summed E-state index contributed by atoms with van der Waals surface area (Å²) in [6.45, 7) is 8.45. The van der Waals surface area contributed by atoms with Crippen LogP contribution in [0.5, 0.6) is 0 Å². The van der Waals surface area contributed by atoms with Gasteiger partial charge in [-0.3, -0.25) is 0 Å². The van der Waals surface area contributed by atoms with Crippen LogP contribution >= 0.6 is 0 Å². The van der Waals surface area contributed by atoms with Crippen LogP contribution in [0.25, 0.3) is 0 Å². The lowest BCUT2D eigenvalue weighted by molar-refractivity contribution is 0.668. The van der Waals surface area contributed by atoms with Crippen molar-refractivity contribution < 1.29 is 0 Å². The van der Waals surface area contributed by atoms with Gasteiger partial charge in [-0.15, -0.1) is 0 Å². The van der Waals surface area contributed by atoms with E-state index in [1.807, 2.05) is 12.3 Å². The molecule has 1 aromatic heterocycles. The third-order valence-electron chi connectivity index (χ3n) is 3.24. The first kappa shape index (κ1) is 13.1. The van der Waals surface area contributed by atoms with Crippen LogP contribution in [0.3, 0.4) is 0 Å². The molecule has 3 nitrogen and oxygen atoms in total. The van der Waals surface area contributed by atoms with E-state index in [4.69, 9.17) is 0 Å². The molecule has 18 heavy (non-hydrogen) atoms. The van der Waals surface area contributed by atoms with Gasteiger partial charge in [0.25, 0.3) is 0 Å². The molecule has 0 atom stereocenters. The zero-order valence-corrected chi connectivity index (χ0v) is 11.4. The van der Waals surface area contributed by atoms with Crippen molar-refractivity contribution in [1.29, 1.82) is 0 Å². The molecule has 0 spiro atoms. The smallest absolute Gasteiger partial charge is 0.133 e. The molecule has 0 amide bonds. The van der Waals surface area contributed by atoms with E-state index in [-0.39, 0.29) is 0 Å². The van der Waals surface area contributed by atoms with Crippen molar-refractivity contribution in [1.82, 2.24) is 10.3 Å². The van der Waals surface area contributed by atoms with Crippen LogP contribution in [0.2, 0.25) is 0 Å². The van der Waals surface area contributed by atoms with E-state index >= 15 is 0 Å². The molecule has 0 unspecified atom stereocenters. The van der Waals surface area contributed by atoms with Crippen LogP contribution in [0, 0.1) is 0 Å². The predicted octanol–water partition coefficient (Wildman–Crippen LogP) is 2.74. The van der Waals surface area contributed by atoms with Gasteiger partial charge < -0.3 is 10.2 Å². The van der Waals surface area contributed by atoms with Gasteiger partial charge in [-0.1, -0.05) is 24.6 Å². The number of nitrogens with zero attached hydrogens (tertiary/aromatic N) is 2. The standard InChI is InChI=1S/C15H23N3/c1-3-8-16-11-14-7-4-9-17-15(14)18-10-5-6-13(2)12-18/h4,6-7,9,16H,3,5,8,10-12H2,1-2H3. The summed E-state index contributed by atoms with van der Waals surface area (Å²) in [4.78, 5) is 6.96. The minimum atomic E-state index is 0.913. The molecular weight excluding hydrogens is 222 g/mol. The predicted molar refractivity (Wildman–Crippen MR) is 76.8 cm³/mol. The zero-order chi connectivity index (χ0) is 12.8. The van der Waals surface area contributed by atoms with Crippen LogP contribution in [0.1, 0.15) is 32.3 Å². The maximum atomic E-state index is 4.57.